The fourth-order valence-electron chi connectivity index (χ4n) is 3.41. The summed E-state index contributed by atoms with van der Waals surface area (Å²) in [4.78, 5) is 7.32. The fourth-order valence-corrected chi connectivity index (χ4v) is 3.53. The Kier molecular flexibility index (Phi) is 11.5. The molecule has 1 unspecified atom stereocenters. The van der Waals surface area contributed by atoms with Crippen molar-refractivity contribution in [2.24, 2.45) is 4.99 Å². The van der Waals surface area contributed by atoms with Gasteiger partial charge in [0, 0.05) is 50.1 Å². The molecule has 1 saturated heterocycles. The number of ether oxygens (including phenoxy) is 1. The lowest BCUT2D eigenvalue weighted by atomic mass is 10.0. The number of hydrogen-bond acceptors (Lipinski definition) is 4. The average Bonchev–Trinajstić information content (AvgIpc) is 3.27. The standard InChI is InChI=1S/C21H31ClN6O.HI/c1-2-23-21(24-9-3-11-28-12-4-10-26-28)25-17-20(27-13-15-29-16-14-27)18-5-7-19(22)8-6-18;/h4-8,10,12,20H,2-3,9,11,13-17H2,1H3,(H2,23,24,25);1H. The highest BCUT2D eigenvalue weighted by molar-refractivity contribution is 14.0. The second kappa shape index (κ2) is 13.8. The molecule has 2 heterocycles. The zero-order chi connectivity index (χ0) is 20.3. The van der Waals surface area contributed by atoms with E-state index in [1.54, 1.807) is 0 Å². The molecule has 0 amide bonds. The van der Waals surface area contributed by atoms with Crippen molar-refractivity contribution in [2.75, 3.05) is 45.9 Å². The second-order valence-corrected chi connectivity index (χ2v) is 7.42. The van der Waals surface area contributed by atoms with Crippen LogP contribution < -0.4 is 10.6 Å². The molecule has 7 nitrogen and oxygen atoms in total. The number of guanidine groups is 1. The summed E-state index contributed by atoms with van der Waals surface area (Å²) in [7, 11) is 0. The maximum atomic E-state index is 6.09. The van der Waals surface area contributed by atoms with Crippen LogP contribution in [-0.4, -0.2) is 66.6 Å². The molecule has 0 radical (unpaired) electrons. The van der Waals surface area contributed by atoms with Crippen LogP contribution in [0.3, 0.4) is 0 Å². The molecule has 1 aliphatic heterocycles. The zero-order valence-electron chi connectivity index (χ0n) is 17.5. The number of nitrogens with zero attached hydrogens (tertiary/aromatic N) is 4. The van der Waals surface area contributed by atoms with E-state index < -0.39 is 0 Å². The van der Waals surface area contributed by atoms with Crippen molar-refractivity contribution in [2.45, 2.75) is 25.9 Å². The van der Waals surface area contributed by atoms with E-state index in [4.69, 9.17) is 21.3 Å². The van der Waals surface area contributed by atoms with Gasteiger partial charge in [0.25, 0.3) is 0 Å². The molecule has 1 atom stereocenters. The number of nitrogens with one attached hydrogen (secondary N) is 2. The monoisotopic (exact) mass is 546 g/mol. The second-order valence-electron chi connectivity index (χ2n) is 6.98. The summed E-state index contributed by atoms with van der Waals surface area (Å²) in [5, 5.41) is 11.8. The maximum absolute atomic E-state index is 6.09. The van der Waals surface area contributed by atoms with Crippen LogP contribution in [0.4, 0.5) is 0 Å². The van der Waals surface area contributed by atoms with E-state index in [-0.39, 0.29) is 30.0 Å². The van der Waals surface area contributed by atoms with Crippen molar-refractivity contribution in [3.63, 3.8) is 0 Å². The molecule has 1 fully saturated rings. The molecule has 30 heavy (non-hydrogen) atoms. The van der Waals surface area contributed by atoms with Gasteiger partial charge < -0.3 is 15.4 Å². The Bertz CT molecular complexity index is 734. The maximum Gasteiger partial charge on any atom is 0.191 e. The van der Waals surface area contributed by atoms with Crippen molar-refractivity contribution in [3.8, 4) is 0 Å². The molecule has 2 aromatic rings. The topological polar surface area (TPSA) is 66.7 Å². The Hall–Kier alpha value is -1.36. The number of aromatic nitrogens is 2. The number of benzene rings is 1. The van der Waals surface area contributed by atoms with Gasteiger partial charge in [-0.15, -0.1) is 24.0 Å². The molecule has 166 valence electrons. The average molecular weight is 547 g/mol. The Labute approximate surface area is 201 Å². The normalized spacial score (nSPS) is 16.0. The summed E-state index contributed by atoms with van der Waals surface area (Å²) in [5.74, 6) is 0.847. The predicted octanol–water partition coefficient (Wildman–Crippen LogP) is 3.17. The van der Waals surface area contributed by atoms with E-state index in [9.17, 15) is 0 Å². The first-order chi connectivity index (χ1) is 14.3. The Morgan fingerprint density at radius 2 is 2.00 bits per heavy atom. The summed E-state index contributed by atoms with van der Waals surface area (Å²) in [6.07, 6.45) is 4.77. The zero-order valence-corrected chi connectivity index (χ0v) is 20.6. The van der Waals surface area contributed by atoms with E-state index in [0.29, 0.717) is 6.54 Å². The van der Waals surface area contributed by atoms with Gasteiger partial charge in [0.1, 0.15) is 0 Å². The minimum Gasteiger partial charge on any atom is -0.379 e. The molecule has 0 spiro atoms. The first kappa shape index (κ1) is 24.9. The third kappa shape index (κ3) is 8.05. The molecule has 0 saturated carbocycles. The number of aryl methyl sites for hydroxylation is 1. The van der Waals surface area contributed by atoms with Gasteiger partial charge in [-0.2, -0.15) is 5.10 Å². The van der Waals surface area contributed by atoms with Gasteiger partial charge in [-0.25, -0.2) is 0 Å². The first-order valence-corrected chi connectivity index (χ1v) is 10.7. The third-order valence-electron chi connectivity index (χ3n) is 4.92. The molecule has 0 aliphatic carbocycles. The van der Waals surface area contributed by atoms with Crippen LogP contribution in [0.25, 0.3) is 0 Å². The predicted molar refractivity (Wildman–Crippen MR) is 133 cm³/mol. The van der Waals surface area contributed by atoms with Crippen molar-refractivity contribution >= 4 is 41.5 Å². The SMILES string of the molecule is CCNC(=NCC(c1ccc(Cl)cc1)N1CCOCC1)NCCCn1cccn1.I. The first-order valence-electron chi connectivity index (χ1n) is 10.3. The largest absolute Gasteiger partial charge is 0.379 e. The van der Waals surface area contributed by atoms with Crippen molar-refractivity contribution in [1.82, 2.24) is 25.3 Å². The number of aliphatic imine (C=N–C) groups is 1. The highest BCUT2D eigenvalue weighted by Gasteiger charge is 2.22. The number of morpholine rings is 1. The number of rotatable bonds is 9. The molecular weight excluding hydrogens is 515 g/mol. The Morgan fingerprint density at radius 1 is 1.23 bits per heavy atom. The van der Waals surface area contributed by atoms with E-state index in [1.807, 2.05) is 35.3 Å². The smallest absolute Gasteiger partial charge is 0.191 e. The van der Waals surface area contributed by atoms with Gasteiger partial charge in [0.05, 0.1) is 25.8 Å². The van der Waals surface area contributed by atoms with Crippen molar-refractivity contribution < 1.29 is 4.74 Å². The van der Waals surface area contributed by atoms with E-state index >= 15 is 0 Å². The van der Waals surface area contributed by atoms with E-state index in [2.05, 4.69) is 39.7 Å². The lowest BCUT2D eigenvalue weighted by Gasteiger charge is -2.34. The lowest BCUT2D eigenvalue weighted by molar-refractivity contribution is 0.0179. The van der Waals surface area contributed by atoms with Crippen LogP contribution in [-0.2, 0) is 11.3 Å². The Morgan fingerprint density at radius 3 is 2.67 bits per heavy atom. The van der Waals surface area contributed by atoms with Crippen molar-refractivity contribution in [1.29, 1.82) is 0 Å². The molecule has 1 aliphatic rings. The van der Waals surface area contributed by atoms with Crippen LogP contribution in [0, 0.1) is 0 Å². The van der Waals surface area contributed by atoms with E-state index in [1.165, 1.54) is 5.56 Å². The van der Waals surface area contributed by atoms with Crippen LogP contribution in [0.5, 0.6) is 0 Å². The Balaban J connectivity index is 0.00000320. The summed E-state index contributed by atoms with van der Waals surface area (Å²) in [6.45, 7) is 8.67. The minimum atomic E-state index is 0. The highest BCUT2D eigenvalue weighted by Crippen LogP contribution is 2.24. The molecular formula is C21H32ClIN6O. The summed E-state index contributed by atoms with van der Waals surface area (Å²) < 4.78 is 7.48. The number of hydrogen-bond donors (Lipinski definition) is 2. The van der Waals surface area contributed by atoms with Gasteiger partial charge in [0.2, 0.25) is 0 Å². The molecule has 1 aromatic heterocycles. The minimum absolute atomic E-state index is 0. The quantitative estimate of drug-likeness (QED) is 0.219. The van der Waals surface area contributed by atoms with Gasteiger partial charge in [-0.3, -0.25) is 14.6 Å². The molecule has 1 aromatic carbocycles. The third-order valence-corrected chi connectivity index (χ3v) is 5.18. The highest BCUT2D eigenvalue weighted by atomic mass is 127. The summed E-state index contributed by atoms with van der Waals surface area (Å²) in [5.41, 5.74) is 1.23. The van der Waals surface area contributed by atoms with Gasteiger partial charge >= 0.3 is 0 Å². The van der Waals surface area contributed by atoms with Crippen molar-refractivity contribution in [3.05, 3.63) is 53.3 Å². The molecule has 9 heteroatoms. The lowest BCUT2D eigenvalue weighted by Crippen LogP contribution is -2.42. The number of halogens is 2. The van der Waals surface area contributed by atoms with Crippen LogP contribution in [0.1, 0.15) is 24.9 Å². The molecule has 2 N–H and O–H groups in total. The summed E-state index contributed by atoms with van der Waals surface area (Å²) in [6, 6.07) is 10.3. The van der Waals surface area contributed by atoms with Crippen LogP contribution >= 0.6 is 35.6 Å². The van der Waals surface area contributed by atoms with Gasteiger partial charge in [-0.1, -0.05) is 23.7 Å². The fraction of sp³-hybridized carbons (Fsp3) is 0.524. The summed E-state index contributed by atoms with van der Waals surface area (Å²) >= 11 is 6.09. The van der Waals surface area contributed by atoms with Gasteiger partial charge in [0.15, 0.2) is 5.96 Å². The van der Waals surface area contributed by atoms with Gasteiger partial charge in [-0.05, 0) is 37.1 Å². The van der Waals surface area contributed by atoms with Crippen LogP contribution in [0.2, 0.25) is 5.02 Å². The molecule has 3 rings (SSSR count). The molecule has 0 bridgehead atoms. The van der Waals surface area contributed by atoms with E-state index in [0.717, 1.165) is 63.3 Å². The van der Waals surface area contributed by atoms with Crippen LogP contribution in [0.15, 0.2) is 47.7 Å².